The highest BCUT2D eigenvalue weighted by molar-refractivity contribution is 7.73. The van der Waals surface area contributed by atoms with E-state index in [1.807, 2.05) is 0 Å². The molecule has 0 aliphatic carbocycles. The minimum atomic E-state index is -0.273. The Morgan fingerprint density at radius 3 is 1.09 bits per heavy atom. The Kier molecular flexibility index (Phi) is 5.81. The summed E-state index contributed by atoms with van der Waals surface area (Å²) in [5.74, 6) is 1.20. The summed E-state index contributed by atoms with van der Waals surface area (Å²) >= 11 is 0. The van der Waals surface area contributed by atoms with Crippen molar-refractivity contribution in [2.75, 3.05) is 0 Å². The first-order valence-electron chi connectivity index (χ1n) is 8.39. The quantitative estimate of drug-likeness (QED) is 0.614. The first kappa shape index (κ1) is 17.2. The van der Waals surface area contributed by atoms with Crippen molar-refractivity contribution in [1.29, 1.82) is 0 Å². The van der Waals surface area contributed by atoms with Gasteiger partial charge in [0.25, 0.3) is 0 Å². The van der Waals surface area contributed by atoms with Crippen LogP contribution in [0.25, 0.3) is 0 Å². The fraction of sp³-hybridized carbons (Fsp3) is 0.429. The molecule has 0 heterocycles. The van der Waals surface area contributed by atoms with Crippen LogP contribution >= 0.6 is 7.92 Å². The standard InChI is InChI=1S/C21H29P/c1-15(2)18-7-11-20(12-8-18)22(17(5)6)21-13-9-19(10-14-21)16(3)4/h7-17H,1-6H3. The molecule has 0 amide bonds. The van der Waals surface area contributed by atoms with Crippen LogP contribution in [0, 0.1) is 0 Å². The van der Waals surface area contributed by atoms with Crippen LogP contribution in [-0.4, -0.2) is 5.66 Å². The molecular formula is C21H29P. The molecule has 0 aliphatic rings. The normalized spacial score (nSPS) is 11.9. The van der Waals surface area contributed by atoms with E-state index in [0.717, 1.165) is 0 Å². The van der Waals surface area contributed by atoms with E-state index in [9.17, 15) is 0 Å². The number of rotatable bonds is 5. The smallest absolute Gasteiger partial charge is 0.0186 e. The molecular weight excluding hydrogens is 283 g/mol. The minimum absolute atomic E-state index is 0.273. The zero-order valence-corrected chi connectivity index (χ0v) is 15.7. The number of hydrogen-bond acceptors (Lipinski definition) is 0. The summed E-state index contributed by atoms with van der Waals surface area (Å²) in [6.45, 7) is 13.7. The Bertz CT molecular complexity index is 525. The van der Waals surface area contributed by atoms with E-state index in [0.29, 0.717) is 17.5 Å². The number of benzene rings is 2. The molecule has 1 heteroatoms. The maximum absolute atomic E-state index is 2.35. The van der Waals surface area contributed by atoms with Crippen LogP contribution in [0.5, 0.6) is 0 Å². The van der Waals surface area contributed by atoms with E-state index in [1.54, 1.807) is 0 Å². The average Bonchev–Trinajstić information content (AvgIpc) is 2.48. The maximum atomic E-state index is 2.35. The minimum Gasteiger partial charge on any atom is -0.0587 e. The monoisotopic (exact) mass is 312 g/mol. The Morgan fingerprint density at radius 1 is 0.545 bits per heavy atom. The lowest BCUT2D eigenvalue weighted by molar-refractivity contribution is 0.867. The zero-order chi connectivity index (χ0) is 16.3. The van der Waals surface area contributed by atoms with Crippen molar-refractivity contribution in [3.05, 3.63) is 59.7 Å². The third-order valence-corrected chi connectivity index (χ3v) is 6.93. The van der Waals surface area contributed by atoms with Gasteiger partial charge in [-0.2, -0.15) is 0 Å². The highest BCUT2D eigenvalue weighted by atomic mass is 31.1. The molecule has 0 unspecified atom stereocenters. The summed E-state index contributed by atoms with van der Waals surface area (Å²) in [7, 11) is -0.273. The third-order valence-electron chi connectivity index (χ3n) is 4.19. The Balaban J connectivity index is 2.33. The Hall–Kier alpha value is -1.13. The topological polar surface area (TPSA) is 0 Å². The zero-order valence-electron chi connectivity index (χ0n) is 14.8. The molecule has 2 aromatic rings. The van der Waals surface area contributed by atoms with Gasteiger partial charge in [-0.05, 0) is 47.2 Å². The van der Waals surface area contributed by atoms with Crippen LogP contribution < -0.4 is 10.6 Å². The molecule has 0 radical (unpaired) electrons. The van der Waals surface area contributed by atoms with Gasteiger partial charge in [0.15, 0.2) is 0 Å². The van der Waals surface area contributed by atoms with Gasteiger partial charge < -0.3 is 0 Å². The summed E-state index contributed by atoms with van der Waals surface area (Å²) in [5, 5.41) is 2.98. The molecule has 0 saturated carbocycles. The molecule has 0 spiro atoms. The van der Waals surface area contributed by atoms with E-state index in [2.05, 4.69) is 90.1 Å². The molecule has 0 aliphatic heterocycles. The Labute approximate surface area is 137 Å². The highest BCUT2D eigenvalue weighted by Gasteiger charge is 2.18. The predicted molar refractivity (Wildman–Crippen MR) is 102 cm³/mol. The number of hydrogen-bond donors (Lipinski definition) is 0. The lowest BCUT2D eigenvalue weighted by atomic mass is 10.0. The summed E-state index contributed by atoms with van der Waals surface area (Å²) in [4.78, 5) is 0. The summed E-state index contributed by atoms with van der Waals surface area (Å²) < 4.78 is 0. The lowest BCUT2D eigenvalue weighted by Gasteiger charge is -2.23. The highest BCUT2D eigenvalue weighted by Crippen LogP contribution is 2.39. The van der Waals surface area contributed by atoms with Gasteiger partial charge in [-0.1, -0.05) is 90.1 Å². The summed E-state index contributed by atoms with van der Waals surface area (Å²) in [6.07, 6.45) is 0. The molecule has 0 nitrogen and oxygen atoms in total. The SMILES string of the molecule is CC(C)c1ccc(P(c2ccc(C(C)C)cc2)C(C)C)cc1. The van der Waals surface area contributed by atoms with Crippen molar-refractivity contribution in [3.8, 4) is 0 Å². The van der Waals surface area contributed by atoms with Crippen molar-refractivity contribution in [2.45, 2.75) is 59.0 Å². The lowest BCUT2D eigenvalue weighted by Crippen LogP contribution is -2.18. The summed E-state index contributed by atoms with van der Waals surface area (Å²) in [6, 6.07) is 18.6. The van der Waals surface area contributed by atoms with Crippen molar-refractivity contribution in [1.82, 2.24) is 0 Å². The second-order valence-corrected chi connectivity index (χ2v) is 9.76. The molecule has 2 rings (SSSR count). The van der Waals surface area contributed by atoms with Crippen LogP contribution in [0.4, 0.5) is 0 Å². The molecule has 0 N–H and O–H groups in total. The van der Waals surface area contributed by atoms with Crippen LogP contribution in [0.2, 0.25) is 0 Å². The van der Waals surface area contributed by atoms with Gasteiger partial charge in [0.05, 0.1) is 0 Å². The van der Waals surface area contributed by atoms with E-state index >= 15 is 0 Å². The van der Waals surface area contributed by atoms with Crippen molar-refractivity contribution < 1.29 is 0 Å². The van der Waals surface area contributed by atoms with Gasteiger partial charge >= 0.3 is 0 Å². The van der Waals surface area contributed by atoms with Crippen molar-refractivity contribution in [2.24, 2.45) is 0 Å². The molecule has 118 valence electrons. The fourth-order valence-corrected chi connectivity index (χ4v) is 5.22. The molecule has 0 aromatic heterocycles. The van der Waals surface area contributed by atoms with Crippen LogP contribution in [0.3, 0.4) is 0 Å². The molecule has 0 fully saturated rings. The van der Waals surface area contributed by atoms with Crippen LogP contribution in [0.1, 0.15) is 64.5 Å². The van der Waals surface area contributed by atoms with Crippen LogP contribution in [-0.2, 0) is 0 Å². The largest absolute Gasteiger partial charge is 0.0587 e. The first-order valence-corrected chi connectivity index (χ1v) is 9.80. The Morgan fingerprint density at radius 2 is 0.864 bits per heavy atom. The second-order valence-electron chi connectivity index (χ2n) is 6.96. The van der Waals surface area contributed by atoms with E-state index in [4.69, 9.17) is 0 Å². The van der Waals surface area contributed by atoms with E-state index in [1.165, 1.54) is 21.7 Å². The van der Waals surface area contributed by atoms with Crippen molar-refractivity contribution >= 4 is 18.5 Å². The first-order chi connectivity index (χ1) is 10.4. The molecule has 0 bridgehead atoms. The molecule has 0 saturated heterocycles. The average molecular weight is 312 g/mol. The molecule has 0 atom stereocenters. The van der Waals surface area contributed by atoms with Gasteiger partial charge in [-0.3, -0.25) is 0 Å². The predicted octanol–water partition coefficient (Wildman–Crippen LogP) is 5.77. The second kappa shape index (κ2) is 7.42. The third kappa shape index (κ3) is 3.99. The fourth-order valence-electron chi connectivity index (χ4n) is 2.79. The van der Waals surface area contributed by atoms with E-state index < -0.39 is 0 Å². The van der Waals surface area contributed by atoms with Gasteiger partial charge in [-0.25, -0.2) is 0 Å². The summed E-state index contributed by atoms with van der Waals surface area (Å²) in [5.41, 5.74) is 3.51. The molecule has 22 heavy (non-hydrogen) atoms. The van der Waals surface area contributed by atoms with Crippen molar-refractivity contribution in [3.63, 3.8) is 0 Å². The van der Waals surface area contributed by atoms with Gasteiger partial charge in [0.2, 0.25) is 0 Å². The van der Waals surface area contributed by atoms with E-state index in [-0.39, 0.29) is 7.92 Å². The van der Waals surface area contributed by atoms with Gasteiger partial charge in [0.1, 0.15) is 0 Å². The van der Waals surface area contributed by atoms with Crippen LogP contribution in [0.15, 0.2) is 48.5 Å². The van der Waals surface area contributed by atoms with Gasteiger partial charge in [0, 0.05) is 0 Å². The molecule has 2 aromatic carbocycles. The van der Waals surface area contributed by atoms with Gasteiger partial charge in [-0.15, -0.1) is 0 Å². The maximum Gasteiger partial charge on any atom is -0.0186 e.